The van der Waals surface area contributed by atoms with Crippen LogP contribution in [0.2, 0.25) is 0 Å². The summed E-state index contributed by atoms with van der Waals surface area (Å²) in [5, 5.41) is 8.53. The highest BCUT2D eigenvalue weighted by Crippen LogP contribution is 2.34. The third kappa shape index (κ3) is 2.85. The van der Waals surface area contributed by atoms with Crippen LogP contribution in [-0.4, -0.2) is 22.6 Å². The van der Waals surface area contributed by atoms with E-state index in [0.717, 1.165) is 16.6 Å². The summed E-state index contributed by atoms with van der Waals surface area (Å²) < 4.78 is 0. The lowest BCUT2D eigenvalue weighted by molar-refractivity contribution is -0.131. The van der Waals surface area contributed by atoms with Gasteiger partial charge in [0.15, 0.2) is 0 Å². The van der Waals surface area contributed by atoms with Gasteiger partial charge in [-0.2, -0.15) is 0 Å². The molecule has 0 radical (unpaired) electrons. The number of hydrogen-bond donors (Lipinski definition) is 1. The van der Waals surface area contributed by atoms with E-state index < -0.39 is 11.8 Å². The van der Waals surface area contributed by atoms with Crippen LogP contribution in [-0.2, 0) is 4.79 Å². The van der Waals surface area contributed by atoms with Crippen LogP contribution in [0.4, 0.5) is 0 Å². The van der Waals surface area contributed by atoms with E-state index in [-0.39, 0.29) is 5.56 Å². The van der Waals surface area contributed by atoms with Crippen molar-refractivity contribution in [2.45, 2.75) is 17.7 Å². The molecule has 0 atom stereocenters. The second-order valence-corrected chi connectivity index (χ2v) is 5.01. The standard InChI is InChI=1S/C12H12O3S/c13-11(12(14)15)9-3-5-10(6-4-9)16-7-8-1-2-8/h3-6,8H,1-2,7H2,(H,14,15). The number of ketones is 1. The molecule has 0 heterocycles. The average Bonchev–Trinajstić information content (AvgIpc) is 3.10. The maximum Gasteiger partial charge on any atom is 0.377 e. The Labute approximate surface area is 97.9 Å². The molecule has 1 N–H and O–H groups in total. The molecule has 16 heavy (non-hydrogen) atoms. The van der Waals surface area contributed by atoms with Crippen molar-refractivity contribution >= 4 is 23.5 Å². The lowest BCUT2D eigenvalue weighted by atomic mass is 10.1. The zero-order valence-electron chi connectivity index (χ0n) is 8.68. The summed E-state index contributed by atoms with van der Waals surface area (Å²) >= 11 is 1.76. The lowest BCUT2D eigenvalue weighted by Gasteiger charge is -2.01. The molecule has 4 heteroatoms. The molecule has 1 aliphatic carbocycles. The van der Waals surface area contributed by atoms with E-state index in [1.54, 1.807) is 23.9 Å². The van der Waals surface area contributed by atoms with Crippen LogP contribution in [0.25, 0.3) is 0 Å². The van der Waals surface area contributed by atoms with Crippen LogP contribution in [0.15, 0.2) is 29.2 Å². The van der Waals surface area contributed by atoms with Crippen LogP contribution in [0.3, 0.4) is 0 Å². The van der Waals surface area contributed by atoms with Gasteiger partial charge in [-0.25, -0.2) is 4.79 Å². The first-order valence-electron chi connectivity index (χ1n) is 5.17. The summed E-state index contributed by atoms with van der Waals surface area (Å²) in [6, 6.07) is 6.77. The van der Waals surface area contributed by atoms with Crippen molar-refractivity contribution in [3.63, 3.8) is 0 Å². The van der Waals surface area contributed by atoms with Gasteiger partial charge in [-0.1, -0.05) is 0 Å². The monoisotopic (exact) mass is 236 g/mol. The predicted octanol–water partition coefficient (Wildman–Crippen LogP) is 2.46. The first kappa shape index (κ1) is 11.2. The van der Waals surface area contributed by atoms with E-state index in [2.05, 4.69) is 0 Å². The second-order valence-electron chi connectivity index (χ2n) is 3.91. The van der Waals surface area contributed by atoms with Crippen molar-refractivity contribution in [1.29, 1.82) is 0 Å². The van der Waals surface area contributed by atoms with E-state index in [9.17, 15) is 9.59 Å². The van der Waals surface area contributed by atoms with E-state index in [0.29, 0.717) is 0 Å². The van der Waals surface area contributed by atoms with E-state index in [1.165, 1.54) is 12.8 Å². The molecule has 1 fully saturated rings. The molecule has 0 unspecified atom stereocenters. The van der Waals surface area contributed by atoms with Crippen LogP contribution in [0.5, 0.6) is 0 Å². The number of carbonyl (C=O) groups is 2. The van der Waals surface area contributed by atoms with Gasteiger partial charge in [-0.3, -0.25) is 4.79 Å². The topological polar surface area (TPSA) is 54.4 Å². The molecule has 0 spiro atoms. The Kier molecular flexibility index (Phi) is 3.29. The summed E-state index contributed by atoms with van der Waals surface area (Å²) in [7, 11) is 0. The van der Waals surface area contributed by atoms with Gasteiger partial charge in [0.2, 0.25) is 0 Å². The van der Waals surface area contributed by atoms with Crippen molar-refractivity contribution in [2.24, 2.45) is 5.92 Å². The fourth-order valence-electron chi connectivity index (χ4n) is 1.32. The highest BCUT2D eigenvalue weighted by molar-refractivity contribution is 7.99. The van der Waals surface area contributed by atoms with Gasteiger partial charge in [-0.05, 0) is 43.0 Å². The number of carboxylic acid groups (broad SMARTS) is 1. The highest BCUT2D eigenvalue weighted by atomic mass is 32.2. The molecule has 0 saturated heterocycles. The van der Waals surface area contributed by atoms with Gasteiger partial charge in [-0.15, -0.1) is 11.8 Å². The minimum Gasteiger partial charge on any atom is -0.475 e. The molecule has 0 bridgehead atoms. The molecular weight excluding hydrogens is 224 g/mol. The fraction of sp³-hybridized carbons (Fsp3) is 0.333. The normalized spacial score (nSPS) is 14.8. The summed E-state index contributed by atoms with van der Waals surface area (Å²) in [6.07, 6.45) is 2.64. The average molecular weight is 236 g/mol. The smallest absolute Gasteiger partial charge is 0.377 e. The van der Waals surface area contributed by atoms with Gasteiger partial charge in [0.1, 0.15) is 0 Å². The number of carbonyl (C=O) groups excluding carboxylic acids is 1. The van der Waals surface area contributed by atoms with Crippen LogP contribution in [0, 0.1) is 5.92 Å². The molecule has 1 aromatic carbocycles. The first-order chi connectivity index (χ1) is 7.66. The number of hydrogen-bond acceptors (Lipinski definition) is 3. The van der Waals surface area contributed by atoms with Crippen molar-refractivity contribution in [3.05, 3.63) is 29.8 Å². The molecule has 2 rings (SSSR count). The Morgan fingerprint density at radius 1 is 1.25 bits per heavy atom. The molecule has 1 aromatic rings. The Morgan fingerprint density at radius 2 is 1.88 bits per heavy atom. The summed E-state index contributed by atoms with van der Waals surface area (Å²) in [5.41, 5.74) is 0.239. The van der Waals surface area contributed by atoms with E-state index in [1.807, 2.05) is 12.1 Å². The molecule has 84 valence electrons. The number of thioether (sulfide) groups is 1. The minimum absolute atomic E-state index is 0.239. The molecule has 0 aromatic heterocycles. The molecular formula is C12H12O3S. The highest BCUT2D eigenvalue weighted by Gasteiger charge is 2.21. The van der Waals surface area contributed by atoms with Crippen LogP contribution in [0.1, 0.15) is 23.2 Å². The zero-order valence-corrected chi connectivity index (χ0v) is 9.50. The molecule has 0 amide bonds. The Balaban J connectivity index is 1.97. The maximum atomic E-state index is 11.1. The third-order valence-electron chi connectivity index (χ3n) is 2.49. The van der Waals surface area contributed by atoms with Crippen LogP contribution >= 0.6 is 11.8 Å². The molecule has 0 aliphatic heterocycles. The second kappa shape index (κ2) is 4.70. The Morgan fingerprint density at radius 3 is 2.38 bits per heavy atom. The quantitative estimate of drug-likeness (QED) is 0.484. The number of benzene rings is 1. The van der Waals surface area contributed by atoms with E-state index >= 15 is 0 Å². The van der Waals surface area contributed by atoms with Crippen molar-refractivity contribution in [1.82, 2.24) is 0 Å². The molecule has 1 saturated carbocycles. The number of rotatable bonds is 5. The summed E-state index contributed by atoms with van der Waals surface area (Å²) in [6.45, 7) is 0. The van der Waals surface area contributed by atoms with Gasteiger partial charge in [0.25, 0.3) is 5.78 Å². The lowest BCUT2D eigenvalue weighted by Crippen LogP contribution is -2.12. The number of Topliss-reactive ketones (excluding diaryl/α,β-unsaturated/α-hetero) is 1. The number of aliphatic carboxylic acids is 1. The molecule has 3 nitrogen and oxygen atoms in total. The van der Waals surface area contributed by atoms with Crippen molar-refractivity contribution in [3.8, 4) is 0 Å². The maximum absolute atomic E-state index is 11.1. The first-order valence-corrected chi connectivity index (χ1v) is 6.16. The fourth-order valence-corrected chi connectivity index (χ4v) is 2.41. The van der Waals surface area contributed by atoms with Gasteiger partial charge in [0.05, 0.1) is 0 Å². The van der Waals surface area contributed by atoms with Gasteiger partial charge >= 0.3 is 5.97 Å². The van der Waals surface area contributed by atoms with Gasteiger partial charge in [0, 0.05) is 16.2 Å². The summed E-state index contributed by atoms with van der Waals surface area (Å²) in [4.78, 5) is 22.7. The van der Waals surface area contributed by atoms with Crippen LogP contribution < -0.4 is 0 Å². The minimum atomic E-state index is -1.40. The predicted molar refractivity (Wildman–Crippen MR) is 61.9 cm³/mol. The molecule has 1 aliphatic rings. The van der Waals surface area contributed by atoms with E-state index in [4.69, 9.17) is 5.11 Å². The van der Waals surface area contributed by atoms with Gasteiger partial charge < -0.3 is 5.11 Å². The van der Waals surface area contributed by atoms with Crippen molar-refractivity contribution in [2.75, 3.05) is 5.75 Å². The Bertz CT molecular complexity index is 407. The largest absolute Gasteiger partial charge is 0.475 e. The number of carboxylic acids is 1. The Hall–Kier alpha value is -1.29. The zero-order chi connectivity index (χ0) is 11.5. The summed E-state index contributed by atoms with van der Waals surface area (Å²) in [5.74, 6) is -0.283. The third-order valence-corrected chi connectivity index (χ3v) is 3.74. The van der Waals surface area contributed by atoms with Crippen molar-refractivity contribution < 1.29 is 14.7 Å². The SMILES string of the molecule is O=C(O)C(=O)c1ccc(SCC2CC2)cc1.